The molecule has 0 aromatic rings. The van der Waals surface area contributed by atoms with Crippen LogP contribution in [0.15, 0.2) is 0 Å². The highest BCUT2D eigenvalue weighted by molar-refractivity contribution is 5.70. The van der Waals surface area contributed by atoms with Crippen molar-refractivity contribution in [3.05, 3.63) is 0 Å². The Labute approximate surface area is 135 Å². The topological polar surface area (TPSA) is 101 Å². The van der Waals surface area contributed by atoms with Gasteiger partial charge in [0.1, 0.15) is 5.97 Å². The molecule has 0 saturated carbocycles. The summed E-state index contributed by atoms with van der Waals surface area (Å²) in [5, 5.41) is 15.6. The molecule has 0 bridgehead atoms. The smallest absolute Gasteiger partial charge is 0.430 e. The van der Waals surface area contributed by atoms with Crippen molar-refractivity contribution in [2.75, 3.05) is 32.8 Å². The molecule has 0 amide bonds. The van der Waals surface area contributed by atoms with Gasteiger partial charge < -0.3 is 31.0 Å². The summed E-state index contributed by atoms with van der Waals surface area (Å²) in [6.45, 7) is 13.1. The zero-order valence-corrected chi connectivity index (χ0v) is 14.4. The van der Waals surface area contributed by atoms with Crippen molar-refractivity contribution in [2.45, 2.75) is 51.9 Å². The Kier molecular flexibility index (Phi) is 13.3. The molecule has 1 atom stereocenters. The molecule has 0 aromatic carbocycles. The average molecular weight is 345 g/mol. The number of carboxylic acid groups (broad SMARTS) is 1. The zero-order valence-electron chi connectivity index (χ0n) is 14.4. The van der Waals surface area contributed by atoms with Gasteiger partial charge in [0.25, 0.3) is 0 Å². The number of hydrogen-bond donors (Lipinski definition) is 3. The molecule has 9 heteroatoms. The van der Waals surface area contributed by atoms with E-state index < -0.39 is 12.1 Å². The van der Waals surface area contributed by atoms with Gasteiger partial charge in [-0.3, -0.25) is 0 Å². The van der Waals surface area contributed by atoms with Crippen LogP contribution in [-0.2, 0) is 9.53 Å². The molecule has 0 aliphatic heterocycles. The maximum absolute atomic E-state index is 10.5. The van der Waals surface area contributed by atoms with E-state index in [9.17, 15) is 13.2 Å². The normalized spacial score (nSPS) is 13.2. The van der Waals surface area contributed by atoms with Gasteiger partial charge in [0.15, 0.2) is 0 Å². The zero-order chi connectivity index (χ0) is 18.5. The lowest BCUT2D eigenvalue weighted by molar-refractivity contribution is -0.367. The third-order valence-corrected chi connectivity index (χ3v) is 2.44. The van der Waals surface area contributed by atoms with Crippen LogP contribution in [-0.4, -0.2) is 56.6 Å². The summed E-state index contributed by atoms with van der Waals surface area (Å²) in [4.78, 5) is 8.78. The van der Waals surface area contributed by atoms with Gasteiger partial charge in [-0.2, -0.15) is 13.2 Å². The first kappa shape index (κ1) is 24.4. The molecule has 0 aromatic heterocycles. The van der Waals surface area contributed by atoms with E-state index in [1.165, 1.54) is 0 Å². The quantitative estimate of drug-likeness (QED) is 0.480. The Bertz CT molecular complexity index is 308. The fraction of sp³-hybridized carbons (Fsp3) is 0.929. The average Bonchev–Trinajstić information content (AvgIpc) is 2.39. The second-order valence-corrected chi connectivity index (χ2v) is 5.87. The lowest BCUT2D eigenvalue weighted by atomic mass is 10.2. The molecular weight excluding hydrogens is 315 g/mol. The van der Waals surface area contributed by atoms with Gasteiger partial charge in [0.2, 0.25) is 0 Å². The molecule has 0 aliphatic carbocycles. The van der Waals surface area contributed by atoms with E-state index in [1.807, 2.05) is 0 Å². The number of carbonyl (C=O) groups is 1. The number of ether oxygens (including phenoxy) is 1. The minimum Gasteiger partial charge on any atom is -0.542 e. The number of rotatable bonds is 9. The number of carboxylic acids is 1. The molecule has 140 valence electrons. The van der Waals surface area contributed by atoms with Crippen LogP contribution in [0.2, 0.25) is 0 Å². The summed E-state index contributed by atoms with van der Waals surface area (Å²) >= 11 is 0. The Morgan fingerprint density at radius 2 is 1.83 bits per heavy atom. The van der Waals surface area contributed by atoms with Crippen LogP contribution in [0.4, 0.5) is 13.2 Å². The largest absolute Gasteiger partial charge is 0.542 e. The Balaban J connectivity index is 0. The number of halogens is 3. The van der Waals surface area contributed by atoms with Crippen molar-refractivity contribution in [1.29, 1.82) is 0 Å². The molecule has 5 N–H and O–H groups in total. The van der Waals surface area contributed by atoms with E-state index in [0.717, 1.165) is 39.2 Å². The lowest BCUT2D eigenvalue weighted by Gasteiger charge is -2.25. The molecule has 0 spiro atoms. The van der Waals surface area contributed by atoms with Crippen LogP contribution in [0.1, 0.15) is 34.1 Å². The second-order valence-electron chi connectivity index (χ2n) is 5.87. The highest BCUT2D eigenvalue weighted by Gasteiger charge is 2.28. The molecular formula is C14H30F3N3O3. The number of carbonyl (C=O) groups excluding carboxylic acids is 1. The van der Waals surface area contributed by atoms with Crippen molar-refractivity contribution in [2.24, 2.45) is 0 Å². The third kappa shape index (κ3) is 19.1. The van der Waals surface area contributed by atoms with Gasteiger partial charge in [-0.1, -0.05) is 6.92 Å². The maximum atomic E-state index is 10.5. The van der Waals surface area contributed by atoms with Gasteiger partial charge >= 0.3 is 6.18 Å². The first-order chi connectivity index (χ1) is 10.4. The standard InChI is InChI=1S/C12H29N3O.C2HF3O2/c1-5-15-11(9-14-8-6-7-13)10-16-12(2,3)4;3-2(4,5)1(6)7/h11,14-15H,5-10,13H2,1-4H3;(H,6,7)/t11-;/m1./s1. The minimum atomic E-state index is -5.19. The second kappa shape index (κ2) is 12.5. The third-order valence-electron chi connectivity index (χ3n) is 2.44. The van der Waals surface area contributed by atoms with E-state index >= 15 is 0 Å². The van der Waals surface area contributed by atoms with Crippen molar-refractivity contribution in [3.63, 3.8) is 0 Å². The highest BCUT2D eigenvalue weighted by Crippen LogP contribution is 2.11. The van der Waals surface area contributed by atoms with Gasteiger partial charge in [0, 0.05) is 25.6 Å². The number of alkyl halides is 3. The van der Waals surface area contributed by atoms with Crippen LogP contribution < -0.4 is 21.5 Å². The van der Waals surface area contributed by atoms with Crippen LogP contribution in [0, 0.1) is 0 Å². The fourth-order valence-electron chi connectivity index (χ4n) is 1.36. The number of likely N-dealkylation sites (N-methyl/N-ethyl adjacent to an activating group) is 1. The molecule has 0 heterocycles. The number of hydrogen-bond acceptors (Lipinski definition) is 5. The Hall–Kier alpha value is -0.900. The summed E-state index contributed by atoms with van der Waals surface area (Å²) < 4.78 is 37.3. The Morgan fingerprint density at radius 3 is 2.17 bits per heavy atom. The van der Waals surface area contributed by atoms with Crippen LogP contribution in [0.5, 0.6) is 0 Å². The van der Waals surface area contributed by atoms with E-state index in [2.05, 4.69) is 44.1 Å². The monoisotopic (exact) mass is 345 g/mol. The SMILES string of the molecule is CCN[C@H](CNCCC[NH3+])COC(C)(C)C.O=C([O-])C(F)(F)F. The fourth-order valence-corrected chi connectivity index (χ4v) is 1.36. The molecule has 0 saturated heterocycles. The van der Waals surface area contributed by atoms with Gasteiger partial charge in [0.05, 0.1) is 18.8 Å². The van der Waals surface area contributed by atoms with Gasteiger partial charge in [-0.15, -0.1) is 0 Å². The number of quaternary nitrogens is 1. The van der Waals surface area contributed by atoms with Crippen molar-refractivity contribution in [1.82, 2.24) is 10.6 Å². The molecule has 0 rings (SSSR count). The van der Waals surface area contributed by atoms with E-state index in [-0.39, 0.29) is 5.60 Å². The van der Waals surface area contributed by atoms with Gasteiger partial charge in [-0.25, -0.2) is 0 Å². The maximum Gasteiger partial charge on any atom is 0.430 e. The van der Waals surface area contributed by atoms with Crippen molar-refractivity contribution in [3.8, 4) is 0 Å². The number of nitrogens with one attached hydrogen (secondary N) is 2. The molecule has 0 unspecified atom stereocenters. The molecule has 0 aliphatic rings. The first-order valence-corrected chi connectivity index (χ1v) is 7.59. The van der Waals surface area contributed by atoms with E-state index in [4.69, 9.17) is 14.6 Å². The lowest BCUT2D eigenvalue weighted by Crippen LogP contribution is -2.51. The van der Waals surface area contributed by atoms with Crippen molar-refractivity contribution < 1.29 is 33.5 Å². The molecule has 6 nitrogen and oxygen atoms in total. The minimum absolute atomic E-state index is 0.0546. The summed E-state index contributed by atoms with van der Waals surface area (Å²) in [7, 11) is 0. The van der Waals surface area contributed by atoms with Gasteiger partial charge in [-0.05, 0) is 27.3 Å². The summed E-state index contributed by atoms with van der Waals surface area (Å²) in [6, 6.07) is 0.397. The summed E-state index contributed by atoms with van der Waals surface area (Å²) in [6.07, 6.45) is -4.06. The van der Waals surface area contributed by atoms with E-state index in [0.29, 0.717) is 6.04 Å². The summed E-state index contributed by atoms with van der Waals surface area (Å²) in [5.41, 5.74) is 3.77. The summed E-state index contributed by atoms with van der Waals surface area (Å²) in [5.74, 6) is -3.01. The van der Waals surface area contributed by atoms with E-state index in [1.54, 1.807) is 0 Å². The van der Waals surface area contributed by atoms with Crippen LogP contribution >= 0.6 is 0 Å². The predicted octanol–water partition coefficient (Wildman–Crippen LogP) is -0.700. The molecule has 23 heavy (non-hydrogen) atoms. The highest BCUT2D eigenvalue weighted by atomic mass is 19.4. The van der Waals surface area contributed by atoms with Crippen LogP contribution in [0.25, 0.3) is 0 Å². The molecule has 0 fully saturated rings. The van der Waals surface area contributed by atoms with Crippen LogP contribution in [0.3, 0.4) is 0 Å². The number of aliphatic carboxylic acids is 1. The first-order valence-electron chi connectivity index (χ1n) is 7.59. The molecule has 0 radical (unpaired) electrons. The predicted molar refractivity (Wildman–Crippen MR) is 79.5 cm³/mol. The van der Waals surface area contributed by atoms with Crippen molar-refractivity contribution >= 4 is 5.97 Å². The Morgan fingerprint density at radius 1 is 1.30 bits per heavy atom.